The lowest BCUT2D eigenvalue weighted by atomic mass is 9.98. The summed E-state index contributed by atoms with van der Waals surface area (Å²) >= 11 is 0. The van der Waals surface area contributed by atoms with Crippen LogP contribution in [0.5, 0.6) is 5.75 Å². The van der Waals surface area contributed by atoms with Gasteiger partial charge in [-0.2, -0.15) is 0 Å². The van der Waals surface area contributed by atoms with Crippen molar-refractivity contribution in [3.05, 3.63) is 40.2 Å². The molecule has 1 aromatic carbocycles. The largest absolute Gasteiger partial charge is 0.493 e. The summed E-state index contributed by atoms with van der Waals surface area (Å²) in [4.78, 5) is 13.9. The Morgan fingerprint density at radius 1 is 1.31 bits per heavy atom. The Balaban J connectivity index is 2.38. The molecule has 1 aromatic heterocycles. The van der Waals surface area contributed by atoms with Crippen molar-refractivity contribution in [3.8, 4) is 5.75 Å². The van der Waals surface area contributed by atoms with E-state index in [9.17, 15) is 9.90 Å². The average Bonchev–Trinajstić information content (AvgIpc) is 2.29. The van der Waals surface area contributed by atoms with E-state index in [0.717, 1.165) is 16.5 Å². The van der Waals surface area contributed by atoms with Gasteiger partial charge in [0.2, 0.25) is 5.56 Å². The zero-order valence-corrected chi connectivity index (χ0v) is 8.56. The van der Waals surface area contributed by atoms with Crippen molar-refractivity contribution in [2.75, 3.05) is 6.61 Å². The molecule has 0 radical (unpaired) electrons. The molecule has 0 amide bonds. The van der Waals surface area contributed by atoms with Crippen molar-refractivity contribution in [2.45, 2.75) is 12.5 Å². The fraction of sp³-hybridized carbons (Fsp3) is 0.250. The van der Waals surface area contributed by atoms with Crippen molar-refractivity contribution >= 4 is 10.9 Å². The van der Waals surface area contributed by atoms with Crippen LogP contribution in [-0.2, 0) is 0 Å². The number of aromatic amines is 1. The first-order valence-corrected chi connectivity index (χ1v) is 5.22. The van der Waals surface area contributed by atoms with Crippen LogP contribution in [0, 0.1) is 0 Å². The predicted molar refractivity (Wildman–Crippen MR) is 59.6 cm³/mol. The summed E-state index contributed by atoms with van der Waals surface area (Å²) in [5.41, 5.74) is 1.37. The van der Waals surface area contributed by atoms with Crippen LogP contribution in [-0.4, -0.2) is 16.7 Å². The molecule has 0 saturated carbocycles. The quantitative estimate of drug-likeness (QED) is 0.700. The van der Waals surface area contributed by atoms with Gasteiger partial charge in [-0.1, -0.05) is 0 Å². The SMILES string of the molecule is O=c1ccc2c3c(ccc2[nH]1)OCCC3O. The molecule has 2 aromatic rings. The number of aliphatic hydroxyl groups excluding tert-OH is 1. The first kappa shape index (κ1) is 9.42. The van der Waals surface area contributed by atoms with E-state index < -0.39 is 6.10 Å². The van der Waals surface area contributed by atoms with Crippen LogP contribution in [0.15, 0.2) is 29.1 Å². The van der Waals surface area contributed by atoms with Gasteiger partial charge in [0, 0.05) is 29.0 Å². The summed E-state index contributed by atoms with van der Waals surface area (Å²) in [7, 11) is 0. The second-order valence-corrected chi connectivity index (χ2v) is 3.91. The highest BCUT2D eigenvalue weighted by atomic mass is 16.5. The maximum Gasteiger partial charge on any atom is 0.248 e. The molecule has 0 bridgehead atoms. The van der Waals surface area contributed by atoms with E-state index in [1.807, 2.05) is 0 Å². The Morgan fingerprint density at radius 2 is 2.19 bits per heavy atom. The summed E-state index contributed by atoms with van der Waals surface area (Å²) in [6.07, 6.45) is 0.0731. The third kappa shape index (κ3) is 1.31. The average molecular weight is 217 g/mol. The van der Waals surface area contributed by atoms with Crippen molar-refractivity contribution in [3.63, 3.8) is 0 Å². The molecular weight excluding hydrogens is 206 g/mol. The van der Waals surface area contributed by atoms with E-state index in [4.69, 9.17) is 4.74 Å². The molecular formula is C12H11NO3. The van der Waals surface area contributed by atoms with Crippen LogP contribution in [0.3, 0.4) is 0 Å². The first-order chi connectivity index (χ1) is 7.75. The van der Waals surface area contributed by atoms with E-state index in [2.05, 4.69) is 4.98 Å². The molecule has 0 spiro atoms. The summed E-state index contributed by atoms with van der Waals surface area (Å²) in [6, 6.07) is 6.78. The molecule has 1 aliphatic heterocycles. The summed E-state index contributed by atoms with van der Waals surface area (Å²) < 4.78 is 5.48. The van der Waals surface area contributed by atoms with Crippen LogP contribution in [0.25, 0.3) is 10.9 Å². The van der Waals surface area contributed by atoms with Gasteiger partial charge in [0.05, 0.1) is 12.7 Å². The van der Waals surface area contributed by atoms with Crippen molar-refractivity contribution < 1.29 is 9.84 Å². The van der Waals surface area contributed by atoms with E-state index in [-0.39, 0.29) is 5.56 Å². The number of hydrogen-bond donors (Lipinski definition) is 2. The van der Waals surface area contributed by atoms with E-state index >= 15 is 0 Å². The minimum absolute atomic E-state index is 0.140. The van der Waals surface area contributed by atoms with Gasteiger partial charge in [0.15, 0.2) is 0 Å². The van der Waals surface area contributed by atoms with Gasteiger partial charge >= 0.3 is 0 Å². The van der Waals surface area contributed by atoms with E-state index in [1.54, 1.807) is 18.2 Å². The van der Waals surface area contributed by atoms with Crippen molar-refractivity contribution in [1.82, 2.24) is 4.98 Å². The number of aliphatic hydroxyl groups is 1. The van der Waals surface area contributed by atoms with Crippen molar-refractivity contribution in [2.24, 2.45) is 0 Å². The lowest BCUT2D eigenvalue weighted by Gasteiger charge is -2.23. The van der Waals surface area contributed by atoms with Crippen LogP contribution in [0.2, 0.25) is 0 Å². The minimum atomic E-state index is -0.515. The molecule has 16 heavy (non-hydrogen) atoms. The number of ether oxygens (including phenoxy) is 1. The molecule has 82 valence electrons. The third-order valence-electron chi connectivity index (χ3n) is 2.89. The third-order valence-corrected chi connectivity index (χ3v) is 2.89. The monoisotopic (exact) mass is 217 g/mol. The normalized spacial score (nSPS) is 19.2. The molecule has 1 aliphatic rings. The smallest absolute Gasteiger partial charge is 0.248 e. The van der Waals surface area contributed by atoms with Crippen LogP contribution >= 0.6 is 0 Å². The number of benzene rings is 1. The molecule has 1 atom stereocenters. The lowest BCUT2D eigenvalue weighted by molar-refractivity contribution is 0.117. The topological polar surface area (TPSA) is 62.3 Å². The Bertz CT molecular complexity index is 603. The standard InChI is InChI=1S/C12H11NO3/c14-9-5-6-16-10-3-2-8-7(12(9)10)1-4-11(15)13-8/h1-4,9,14H,5-6H2,(H,13,15). The molecule has 0 aliphatic carbocycles. The number of aromatic nitrogens is 1. The van der Waals surface area contributed by atoms with Gasteiger partial charge in [0.25, 0.3) is 0 Å². The summed E-state index contributed by atoms with van der Waals surface area (Å²) in [5.74, 6) is 0.707. The fourth-order valence-electron chi connectivity index (χ4n) is 2.13. The number of hydrogen-bond acceptors (Lipinski definition) is 3. The van der Waals surface area contributed by atoms with Gasteiger partial charge in [-0.15, -0.1) is 0 Å². The van der Waals surface area contributed by atoms with Crippen LogP contribution < -0.4 is 10.3 Å². The second-order valence-electron chi connectivity index (χ2n) is 3.91. The first-order valence-electron chi connectivity index (χ1n) is 5.22. The summed E-state index contributed by atoms with van der Waals surface area (Å²) in [6.45, 7) is 0.531. The fourth-order valence-corrected chi connectivity index (χ4v) is 2.13. The second kappa shape index (κ2) is 3.35. The van der Waals surface area contributed by atoms with Crippen LogP contribution in [0.1, 0.15) is 18.1 Å². The highest BCUT2D eigenvalue weighted by Crippen LogP contribution is 2.36. The maximum atomic E-state index is 11.2. The number of H-pyrrole nitrogens is 1. The highest BCUT2D eigenvalue weighted by molar-refractivity contribution is 5.85. The van der Waals surface area contributed by atoms with Gasteiger partial charge in [0.1, 0.15) is 5.75 Å². The predicted octanol–water partition coefficient (Wildman–Crippen LogP) is 1.34. The molecule has 0 fully saturated rings. The summed E-state index contributed by atoms with van der Waals surface area (Å²) in [5, 5.41) is 10.8. The molecule has 4 nitrogen and oxygen atoms in total. The zero-order chi connectivity index (χ0) is 11.1. The minimum Gasteiger partial charge on any atom is -0.493 e. The molecule has 0 saturated heterocycles. The number of rotatable bonds is 0. The lowest BCUT2D eigenvalue weighted by Crippen LogP contribution is -2.15. The molecule has 4 heteroatoms. The maximum absolute atomic E-state index is 11.2. The zero-order valence-electron chi connectivity index (χ0n) is 8.56. The van der Waals surface area contributed by atoms with E-state index in [1.165, 1.54) is 6.07 Å². The number of pyridine rings is 1. The molecule has 1 unspecified atom stereocenters. The molecule has 3 rings (SSSR count). The van der Waals surface area contributed by atoms with Gasteiger partial charge in [-0.3, -0.25) is 4.79 Å². The van der Waals surface area contributed by atoms with E-state index in [0.29, 0.717) is 18.8 Å². The van der Waals surface area contributed by atoms with Crippen LogP contribution in [0.4, 0.5) is 0 Å². The Hall–Kier alpha value is -1.81. The Morgan fingerprint density at radius 3 is 3.06 bits per heavy atom. The number of nitrogens with one attached hydrogen (secondary N) is 1. The van der Waals surface area contributed by atoms with Gasteiger partial charge in [-0.25, -0.2) is 0 Å². The van der Waals surface area contributed by atoms with Crippen molar-refractivity contribution in [1.29, 1.82) is 0 Å². The Labute approximate surface area is 91.5 Å². The van der Waals surface area contributed by atoms with Gasteiger partial charge in [-0.05, 0) is 18.2 Å². The van der Waals surface area contributed by atoms with Gasteiger partial charge < -0.3 is 14.8 Å². The Kier molecular flexibility index (Phi) is 1.97. The highest BCUT2D eigenvalue weighted by Gasteiger charge is 2.21. The molecule has 2 heterocycles. The number of fused-ring (bicyclic) bond motifs is 3. The molecule has 2 N–H and O–H groups in total.